The van der Waals surface area contributed by atoms with Crippen LogP contribution in [0.5, 0.6) is 0 Å². The van der Waals surface area contributed by atoms with E-state index in [0.29, 0.717) is 12.1 Å². The van der Waals surface area contributed by atoms with Crippen LogP contribution in [0.1, 0.15) is 10.4 Å². The fourth-order valence-electron chi connectivity index (χ4n) is 2.09. The summed E-state index contributed by atoms with van der Waals surface area (Å²) in [4.78, 5) is 22.7. The van der Waals surface area contributed by atoms with Gasteiger partial charge in [0.2, 0.25) is 0 Å². The van der Waals surface area contributed by atoms with Crippen molar-refractivity contribution >= 4 is 29.4 Å². The Kier molecular flexibility index (Phi) is 7.14. The Bertz CT molecular complexity index is 978. The van der Waals surface area contributed by atoms with Crippen molar-refractivity contribution < 1.29 is 49.1 Å². The number of alkyl halides is 6. The molecule has 0 heterocycles. The molecule has 1 atom stereocenters. The normalized spacial score (nSPS) is 12.9. The lowest BCUT2D eigenvalue weighted by atomic mass is 10.2. The summed E-state index contributed by atoms with van der Waals surface area (Å²) in [6.45, 7) is 0. The van der Waals surface area contributed by atoms with Crippen LogP contribution in [-0.4, -0.2) is 29.5 Å². The second kappa shape index (κ2) is 9.08. The van der Waals surface area contributed by atoms with Crippen LogP contribution in [-0.2, 0) is 0 Å². The summed E-state index contributed by atoms with van der Waals surface area (Å²) >= 11 is -0.900. The molecule has 0 aliphatic heterocycles. The predicted octanol–water partition coefficient (Wildman–Crippen LogP) is 5.65. The highest BCUT2D eigenvalue weighted by atomic mass is 32.2. The summed E-state index contributed by atoms with van der Waals surface area (Å²) in [6.07, 6.45) is -10.4. The van der Waals surface area contributed by atoms with Gasteiger partial charge in [-0.25, -0.2) is 22.4 Å². The van der Waals surface area contributed by atoms with Gasteiger partial charge in [-0.1, -0.05) is 6.07 Å². The number of hydrogen-bond acceptors (Lipinski definition) is 3. The summed E-state index contributed by atoms with van der Waals surface area (Å²) in [6, 6.07) is 2.56. The van der Waals surface area contributed by atoms with Gasteiger partial charge in [0.1, 0.15) is 23.0 Å². The molecule has 0 aliphatic carbocycles. The van der Waals surface area contributed by atoms with Gasteiger partial charge in [-0.15, -0.1) is 0 Å². The van der Waals surface area contributed by atoms with E-state index in [1.807, 2.05) is 0 Å². The van der Waals surface area contributed by atoms with E-state index in [-0.39, 0.29) is 6.07 Å². The third-order valence-corrected chi connectivity index (χ3v) is 4.41. The Hall–Kier alpha value is -2.90. The number of nitrogens with one attached hydrogen (secondary N) is 2. The third-order valence-electron chi connectivity index (χ3n) is 3.44. The maximum absolute atomic E-state index is 14.0. The molecular formula is C17H9F9N2O2S. The van der Waals surface area contributed by atoms with E-state index in [0.717, 1.165) is 18.2 Å². The van der Waals surface area contributed by atoms with Gasteiger partial charge in [-0.2, -0.15) is 22.0 Å². The number of halogens is 9. The Labute approximate surface area is 171 Å². The standard InChI is InChI=1S/C17H9F9N2O2S/c18-8-2-1-3-9(19)12(8)13(29)28-15(30)27-11-5-4-7(6-10(11)20)31-17(25,26)14(21)16(22,23)24/h1-6,14H,(H2,27,28,29,30). The van der Waals surface area contributed by atoms with Crippen LogP contribution >= 0.6 is 11.8 Å². The molecule has 0 radical (unpaired) electrons. The van der Waals surface area contributed by atoms with Crippen molar-refractivity contribution in [2.45, 2.75) is 22.5 Å². The molecule has 2 aromatic carbocycles. The van der Waals surface area contributed by atoms with Crippen LogP contribution in [0.25, 0.3) is 0 Å². The second-order valence-corrected chi connectivity index (χ2v) is 6.93. The van der Waals surface area contributed by atoms with E-state index < -0.39 is 74.9 Å². The molecule has 168 valence electrons. The molecule has 2 aromatic rings. The molecule has 0 aliphatic rings. The van der Waals surface area contributed by atoms with E-state index >= 15 is 0 Å². The SMILES string of the molecule is O=C(NC(=O)c1c(F)cccc1F)Nc1ccc(SC(F)(F)C(F)C(F)(F)F)cc1F. The average molecular weight is 476 g/mol. The quantitative estimate of drug-likeness (QED) is 0.433. The monoisotopic (exact) mass is 476 g/mol. The maximum atomic E-state index is 14.0. The van der Waals surface area contributed by atoms with Gasteiger partial charge >= 0.3 is 17.5 Å². The molecule has 3 amide bonds. The number of carbonyl (C=O) groups excluding carboxylic acids is 2. The minimum atomic E-state index is -5.85. The molecule has 0 fully saturated rings. The number of benzene rings is 2. The van der Waals surface area contributed by atoms with Crippen molar-refractivity contribution in [3.05, 3.63) is 59.4 Å². The Morgan fingerprint density at radius 3 is 2.00 bits per heavy atom. The minimum absolute atomic E-state index is 0.287. The number of amides is 3. The van der Waals surface area contributed by atoms with Crippen molar-refractivity contribution in [2.24, 2.45) is 0 Å². The molecule has 31 heavy (non-hydrogen) atoms. The van der Waals surface area contributed by atoms with E-state index in [2.05, 4.69) is 0 Å². The molecule has 0 aromatic heterocycles. The van der Waals surface area contributed by atoms with Gasteiger partial charge in [0.25, 0.3) is 12.1 Å². The first-order chi connectivity index (χ1) is 14.2. The zero-order valence-electron chi connectivity index (χ0n) is 14.7. The summed E-state index contributed by atoms with van der Waals surface area (Å²) in [5.41, 5.74) is -1.82. The number of urea groups is 1. The number of thioether (sulfide) groups is 1. The summed E-state index contributed by atoms with van der Waals surface area (Å²) in [7, 11) is 0. The van der Waals surface area contributed by atoms with Crippen molar-refractivity contribution in [2.75, 3.05) is 5.32 Å². The second-order valence-electron chi connectivity index (χ2n) is 5.71. The van der Waals surface area contributed by atoms with Crippen molar-refractivity contribution in [1.29, 1.82) is 0 Å². The molecule has 1 unspecified atom stereocenters. The lowest BCUT2D eigenvalue weighted by Crippen LogP contribution is -2.39. The highest BCUT2D eigenvalue weighted by Gasteiger charge is 2.57. The van der Waals surface area contributed by atoms with E-state index in [1.54, 1.807) is 5.32 Å². The Morgan fingerprint density at radius 1 is 0.903 bits per heavy atom. The van der Waals surface area contributed by atoms with Crippen molar-refractivity contribution in [3.63, 3.8) is 0 Å². The van der Waals surface area contributed by atoms with E-state index in [4.69, 9.17) is 0 Å². The molecule has 0 saturated heterocycles. The van der Waals surface area contributed by atoms with Crippen molar-refractivity contribution in [3.8, 4) is 0 Å². The molecule has 14 heteroatoms. The highest BCUT2D eigenvalue weighted by Crippen LogP contribution is 2.45. The van der Waals surface area contributed by atoms with Crippen LogP contribution in [0.3, 0.4) is 0 Å². The van der Waals surface area contributed by atoms with Crippen molar-refractivity contribution in [1.82, 2.24) is 5.32 Å². The van der Waals surface area contributed by atoms with Crippen LogP contribution in [0.4, 0.5) is 50.0 Å². The van der Waals surface area contributed by atoms with Crippen LogP contribution in [0.2, 0.25) is 0 Å². The Morgan fingerprint density at radius 2 is 1.48 bits per heavy atom. The molecule has 4 nitrogen and oxygen atoms in total. The van der Waals surface area contributed by atoms with Gasteiger partial charge < -0.3 is 5.32 Å². The molecule has 0 saturated carbocycles. The van der Waals surface area contributed by atoms with E-state index in [1.165, 1.54) is 5.32 Å². The summed E-state index contributed by atoms with van der Waals surface area (Å²) in [5.74, 6) is -5.52. The van der Waals surface area contributed by atoms with E-state index in [9.17, 15) is 49.1 Å². The lowest BCUT2D eigenvalue weighted by molar-refractivity contribution is -0.219. The number of rotatable bonds is 5. The smallest absolute Gasteiger partial charge is 0.305 e. The molecule has 0 spiro atoms. The first-order valence-corrected chi connectivity index (χ1v) is 8.67. The summed E-state index contributed by atoms with van der Waals surface area (Å²) in [5, 5.41) is -1.72. The van der Waals surface area contributed by atoms with Crippen LogP contribution < -0.4 is 10.6 Å². The fraction of sp³-hybridized carbons (Fsp3) is 0.176. The largest absolute Gasteiger partial charge is 0.426 e. The number of carbonyl (C=O) groups is 2. The number of anilines is 1. The first kappa shape index (κ1) is 24.4. The molecular weight excluding hydrogens is 467 g/mol. The van der Waals surface area contributed by atoms with Gasteiger partial charge in [0, 0.05) is 4.90 Å². The maximum Gasteiger partial charge on any atom is 0.426 e. The number of imide groups is 1. The third kappa shape index (κ3) is 6.06. The lowest BCUT2D eigenvalue weighted by Gasteiger charge is -2.22. The zero-order valence-corrected chi connectivity index (χ0v) is 15.5. The molecule has 2 rings (SSSR count). The number of hydrogen-bond donors (Lipinski definition) is 2. The van der Waals surface area contributed by atoms with Gasteiger partial charge in [-0.3, -0.25) is 10.1 Å². The molecule has 0 bridgehead atoms. The van der Waals surface area contributed by atoms with Gasteiger partial charge in [0.15, 0.2) is 0 Å². The van der Waals surface area contributed by atoms with Gasteiger partial charge in [-0.05, 0) is 42.1 Å². The average Bonchev–Trinajstić information content (AvgIpc) is 2.62. The first-order valence-electron chi connectivity index (χ1n) is 7.86. The summed E-state index contributed by atoms with van der Waals surface area (Å²) < 4.78 is 117. The Balaban J connectivity index is 2.08. The fourth-order valence-corrected chi connectivity index (χ4v) is 2.94. The van der Waals surface area contributed by atoms with Crippen LogP contribution in [0.15, 0.2) is 41.3 Å². The minimum Gasteiger partial charge on any atom is -0.305 e. The highest BCUT2D eigenvalue weighted by molar-refractivity contribution is 8.00. The zero-order chi connectivity index (χ0) is 23.6. The van der Waals surface area contributed by atoms with Crippen LogP contribution in [0, 0.1) is 17.5 Å². The molecule has 2 N–H and O–H groups in total. The predicted molar refractivity (Wildman–Crippen MR) is 91.0 cm³/mol. The van der Waals surface area contributed by atoms with Gasteiger partial charge in [0.05, 0.1) is 5.69 Å². The topological polar surface area (TPSA) is 58.2 Å².